The van der Waals surface area contributed by atoms with Gasteiger partial charge in [0.25, 0.3) is 6.36 Å². The summed E-state index contributed by atoms with van der Waals surface area (Å²) in [4.78, 5) is 0. The summed E-state index contributed by atoms with van der Waals surface area (Å²) >= 11 is 0. The lowest BCUT2D eigenvalue weighted by Gasteiger charge is -2.28. The molecule has 0 aliphatic carbocycles. The zero-order chi connectivity index (χ0) is 13.9. The van der Waals surface area contributed by atoms with E-state index in [-0.39, 0.29) is 0 Å². The van der Waals surface area contributed by atoms with Crippen molar-refractivity contribution in [1.29, 1.82) is 0 Å². The Hall–Kier alpha value is -0.900. The first-order valence-electron chi connectivity index (χ1n) is 3.83. The molecule has 10 heteroatoms. The summed E-state index contributed by atoms with van der Waals surface area (Å²) in [5, 5.41) is 0. The topological polar surface area (TPSA) is 18.5 Å². The van der Waals surface area contributed by atoms with Crippen molar-refractivity contribution in [3.05, 3.63) is 12.7 Å². The quantitative estimate of drug-likeness (QED) is 0.435. The van der Waals surface area contributed by atoms with E-state index in [0.717, 1.165) is 0 Å². The van der Waals surface area contributed by atoms with Crippen molar-refractivity contribution in [3.8, 4) is 0 Å². The number of alkyl halides is 8. The predicted octanol–water partition coefficient (Wildman–Crippen LogP) is 3.25. The lowest BCUT2D eigenvalue weighted by atomic mass is 10.5. The zero-order valence-corrected chi connectivity index (χ0v) is 7.91. The minimum Gasteiger partial charge on any atom is -0.312 e. The van der Waals surface area contributed by atoms with Gasteiger partial charge in [-0.15, -0.1) is 6.58 Å². The van der Waals surface area contributed by atoms with Gasteiger partial charge in [0.2, 0.25) is 0 Å². The zero-order valence-electron chi connectivity index (χ0n) is 7.91. The molecule has 0 aromatic rings. The number of hydrogen-bond acceptors (Lipinski definition) is 2. The van der Waals surface area contributed by atoms with Crippen LogP contribution in [-0.4, -0.2) is 31.4 Å². The summed E-state index contributed by atoms with van der Waals surface area (Å²) in [6.45, 7) is 1.72. The molecule has 0 N–H and O–H groups in total. The molecule has 2 unspecified atom stereocenters. The summed E-state index contributed by atoms with van der Waals surface area (Å²) in [5.41, 5.74) is 0. The smallest absolute Gasteiger partial charge is 0.312 e. The normalized spacial score (nSPS) is 18.6. The molecule has 0 saturated heterocycles. The third-order valence-electron chi connectivity index (χ3n) is 1.24. The minimum absolute atomic E-state index is 0.615. The van der Waals surface area contributed by atoms with Gasteiger partial charge in [0.15, 0.2) is 0 Å². The second-order valence-corrected chi connectivity index (χ2v) is 2.61. The van der Waals surface area contributed by atoms with Crippen LogP contribution in [0.4, 0.5) is 35.1 Å². The van der Waals surface area contributed by atoms with Crippen LogP contribution in [0.25, 0.3) is 0 Å². The average Bonchev–Trinajstić information content (AvgIpc) is 2.11. The van der Waals surface area contributed by atoms with Crippen LogP contribution in [0.5, 0.6) is 0 Å². The van der Waals surface area contributed by atoms with Crippen LogP contribution in [-0.2, 0) is 9.47 Å². The van der Waals surface area contributed by atoms with Gasteiger partial charge in [-0.25, -0.2) is 4.39 Å². The van der Waals surface area contributed by atoms with E-state index in [1.807, 2.05) is 0 Å². The fourth-order valence-corrected chi connectivity index (χ4v) is 0.549. The number of ether oxygens (including phenoxy) is 2. The van der Waals surface area contributed by atoms with Crippen molar-refractivity contribution < 1.29 is 44.6 Å². The van der Waals surface area contributed by atoms with E-state index < -0.39 is 31.4 Å². The van der Waals surface area contributed by atoms with Crippen molar-refractivity contribution in [2.45, 2.75) is 24.8 Å². The summed E-state index contributed by atoms with van der Waals surface area (Å²) in [6.07, 6.45) is -15.7. The Labute approximate surface area is 89.8 Å². The van der Waals surface area contributed by atoms with Crippen molar-refractivity contribution >= 4 is 0 Å². The third-order valence-corrected chi connectivity index (χ3v) is 1.24. The molecule has 0 fully saturated rings. The van der Waals surface area contributed by atoms with Gasteiger partial charge < -0.3 is 4.74 Å². The first-order chi connectivity index (χ1) is 7.44. The number of rotatable bonds is 5. The second-order valence-electron chi connectivity index (χ2n) is 2.61. The molecule has 0 bridgehead atoms. The first kappa shape index (κ1) is 16.1. The molecule has 102 valence electrons. The molecule has 0 radical (unpaired) electrons. The maximum atomic E-state index is 12.9. The van der Waals surface area contributed by atoms with Crippen LogP contribution >= 0.6 is 0 Å². The standard InChI is InChI=1S/C7H6F8O2/c1-2-3-16-7(15,6(12,13)14)17-4(8)5(9,10)11/h2,4H,1,3H2. The van der Waals surface area contributed by atoms with Gasteiger partial charge in [-0.05, 0) is 0 Å². The monoisotopic (exact) mass is 274 g/mol. The number of halogens is 8. The largest absolute Gasteiger partial charge is 0.478 e. The van der Waals surface area contributed by atoms with Gasteiger partial charge in [-0.1, -0.05) is 6.08 Å². The van der Waals surface area contributed by atoms with E-state index in [1.54, 1.807) is 0 Å². The SMILES string of the molecule is C=CCOC(F)(OC(F)C(F)(F)F)C(F)(F)F. The Morgan fingerprint density at radius 3 is 1.82 bits per heavy atom. The molecule has 0 rings (SSSR count). The fourth-order valence-electron chi connectivity index (χ4n) is 0.549. The minimum atomic E-state index is -5.99. The van der Waals surface area contributed by atoms with Crippen LogP contribution < -0.4 is 0 Å². The van der Waals surface area contributed by atoms with Crippen molar-refractivity contribution in [1.82, 2.24) is 0 Å². The molecule has 17 heavy (non-hydrogen) atoms. The molecule has 0 aliphatic rings. The van der Waals surface area contributed by atoms with E-state index in [0.29, 0.717) is 6.08 Å². The van der Waals surface area contributed by atoms with E-state index in [1.165, 1.54) is 0 Å². The molecule has 0 aromatic heterocycles. The Morgan fingerprint density at radius 1 is 1.06 bits per heavy atom. The second kappa shape index (κ2) is 5.17. The molecule has 2 nitrogen and oxygen atoms in total. The van der Waals surface area contributed by atoms with Gasteiger partial charge >= 0.3 is 18.4 Å². The van der Waals surface area contributed by atoms with Gasteiger partial charge in [-0.2, -0.15) is 30.7 Å². The van der Waals surface area contributed by atoms with Crippen LogP contribution in [0, 0.1) is 0 Å². The average molecular weight is 274 g/mol. The molecular weight excluding hydrogens is 268 g/mol. The van der Waals surface area contributed by atoms with Gasteiger partial charge in [0, 0.05) is 0 Å². The highest BCUT2D eigenvalue weighted by atomic mass is 19.4. The molecule has 0 spiro atoms. The van der Waals surface area contributed by atoms with Crippen LogP contribution in [0.2, 0.25) is 0 Å². The van der Waals surface area contributed by atoms with E-state index in [4.69, 9.17) is 0 Å². The van der Waals surface area contributed by atoms with Crippen molar-refractivity contribution in [3.63, 3.8) is 0 Å². The van der Waals surface area contributed by atoms with E-state index in [9.17, 15) is 35.1 Å². The highest BCUT2D eigenvalue weighted by Crippen LogP contribution is 2.39. The number of hydrogen-bond donors (Lipinski definition) is 0. The van der Waals surface area contributed by atoms with Crippen LogP contribution in [0.3, 0.4) is 0 Å². The predicted molar refractivity (Wildman–Crippen MR) is 38.1 cm³/mol. The Kier molecular flexibility index (Phi) is 4.90. The molecule has 2 atom stereocenters. The summed E-state index contributed by atoms with van der Waals surface area (Å²) in [6, 6.07) is -5.20. The van der Waals surface area contributed by atoms with Gasteiger partial charge in [-0.3, -0.25) is 4.74 Å². The molecule has 0 amide bonds. The van der Waals surface area contributed by atoms with Crippen LogP contribution in [0.15, 0.2) is 12.7 Å². The Morgan fingerprint density at radius 2 is 1.53 bits per heavy atom. The highest BCUT2D eigenvalue weighted by Gasteiger charge is 2.63. The van der Waals surface area contributed by atoms with Gasteiger partial charge in [0.05, 0.1) is 6.61 Å². The summed E-state index contributed by atoms with van der Waals surface area (Å²) in [5.74, 6) is 0. The Balaban J connectivity index is 4.89. The van der Waals surface area contributed by atoms with E-state index in [2.05, 4.69) is 16.1 Å². The fraction of sp³-hybridized carbons (Fsp3) is 0.714. The molecule has 0 saturated carbocycles. The first-order valence-corrected chi connectivity index (χ1v) is 3.83. The van der Waals surface area contributed by atoms with E-state index >= 15 is 0 Å². The lowest BCUT2D eigenvalue weighted by molar-refractivity contribution is -0.473. The Bertz CT molecular complexity index is 260. The molecule has 0 aromatic carbocycles. The van der Waals surface area contributed by atoms with Crippen LogP contribution in [0.1, 0.15) is 0 Å². The van der Waals surface area contributed by atoms with Crippen molar-refractivity contribution in [2.24, 2.45) is 0 Å². The maximum absolute atomic E-state index is 12.9. The van der Waals surface area contributed by atoms with Crippen molar-refractivity contribution in [2.75, 3.05) is 6.61 Å². The molecular formula is C7H6F8O2. The van der Waals surface area contributed by atoms with Gasteiger partial charge in [0.1, 0.15) is 0 Å². The summed E-state index contributed by atoms with van der Waals surface area (Å²) < 4.78 is 102. The highest BCUT2D eigenvalue weighted by molar-refractivity contribution is 4.73. The molecule has 0 heterocycles. The lowest BCUT2D eigenvalue weighted by Crippen LogP contribution is -2.50. The summed E-state index contributed by atoms with van der Waals surface area (Å²) in [7, 11) is 0. The third kappa shape index (κ3) is 4.46. The molecule has 0 aliphatic heterocycles. The maximum Gasteiger partial charge on any atom is 0.478 e.